The lowest BCUT2D eigenvalue weighted by atomic mass is 10.0. The third kappa shape index (κ3) is 2.96. The van der Waals surface area contributed by atoms with Crippen LogP contribution in [-0.4, -0.2) is 0 Å². The second-order valence-electron chi connectivity index (χ2n) is 4.12. The number of hydrogen-bond donors (Lipinski definition) is 0. The lowest BCUT2D eigenvalue weighted by Crippen LogP contribution is -1.90. The molecule has 0 heterocycles. The Labute approximate surface area is 105 Å². The van der Waals surface area contributed by atoms with Gasteiger partial charge in [0.1, 0.15) is 0 Å². The predicted molar refractivity (Wildman–Crippen MR) is 73.1 cm³/mol. The molecule has 0 bridgehead atoms. The van der Waals surface area contributed by atoms with Crippen molar-refractivity contribution in [2.75, 3.05) is 0 Å². The molecule has 0 spiro atoms. The van der Waals surface area contributed by atoms with Crippen LogP contribution in [0.1, 0.15) is 22.3 Å². The second kappa shape index (κ2) is 5.31. The summed E-state index contributed by atoms with van der Waals surface area (Å²) in [6.45, 7) is 2.14. The molecule has 0 nitrogen and oxygen atoms in total. The molecule has 0 saturated carbocycles. The van der Waals surface area contributed by atoms with Crippen molar-refractivity contribution in [2.45, 2.75) is 18.7 Å². The minimum absolute atomic E-state index is 0.925. The van der Waals surface area contributed by atoms with Gasteiger partial charge in [0.15, 0.2) is 0 Å². The highest BCUT2D eigenvalue weighted by Gasteiger charge is 1.98. The number of halogens is 1. The van der Waals surface area contributed by atoms with Crippen LogP contribution in [0.5, 0.6) is 0 Å². The van der Waals surface area contributed by atoms with Gasteiger partial charge in [-0.2, -0.15) is 0 Å². The summed E-state index contributed by atoms with van der Waals surface area (Å²) in [6.07, 6.45) is 1.02. The molecular formula is C15H15Br. The molecule has 82 valence electrons. The third-order valence-corrected chi connectivity index (χ3v) is 3.28. The largest absolute Gasteiger partial charge is 0.0876 e. The van der Waals surface area contributed by atoms with Crippen molar-refractivity contribution in [3.63, 3.8) is 0 Å². The molecule has 2 aromatic rings. The molecule has 0 N–H and O–H groups in total. The van der Waals surface area contributed by atoms with Crippen LogP contribution < -0.4 is 0 Å². The topological polar surface area (TPSA) is 0 Å². The van der Waals surface area contributed by atoms with E-state index in [1.165, 1.54) is 22.3 Å². The maximum Gasteiger partial charge on any atom is 0.0283 e. The molecule has 0 amide bonds. The van der Waals surface area contributed by atoms with Crippen molar-refractivity contribution in [1.29, 1.82) is 0 Å². The highest BCUT2D eigenvalue weighted by molar-refractivity contribution is 9.08. The van der Waals surface area contributed by atoms with Crippen LogP contribution in [0.3, 0.4) is 0 Å². The van der Waals surface area contributed by atoms with E-state index in [0.29, 0.717) is 0 Å². The van der Waals surface area contributed by atoms with Gasteiger partial charge in [0.05, 0.1) is 0 Å². The summed E-state index contributed by atoms with van der Waals surface area (Å²) in [5.74, 6) is 0. The molecule has 0 fully saturated rings. The van der Waals surface area contributed by atoms with Crippen LogP contribution in [0.25, 0.3) is 0 Å². The van der Waals surface area contributed by atoms with Crippen LogP contribution in [0.2, 0.25) is 0 Å². The Balaban J connectivity index is 2.20. The van der Waals surface area contributed by atoms with E-state index in [1.54, 1.807) is 0 Å². The Morgan fingerprint density at radius 3 is 2.19 bits per heavy atom. The van der Waals surface area contributed by atoms with Gasteiger partial charge in [0, 0.05) is 5.33 Å². The van der Waals surface area contributed by atoms with Crippen molar-refractivity contribution in [2.24, 2.45) is 0 Å². The van der Waals surface area contributed by atoms with Crippen LogP contribution in [0.15, 0.2) is 48.5 Å². The van der Waals surface area contributed by atoms with E-state index in [-0.39, 0.29) is 0 Å². The van der Waals surface area contributed by atoms with E-state index in [0.717, 1.165) is 11.8 Å². The molecule has 2 aromatic carbocycles. The van der Waals surface area contributed by atoms with Gasteiger partial charge in [0.25, 0.3) is 0 Å². The van der Waals surface area contributed by atoms with E-state index in [2.05, 4.69) is 71.4 Å². The minimum atomic E-state index is 0.925. The fourth-order valence-electron chi connectivity index (χ4n) is 1.88. The number of hydrogen-bond acceptors (Lipinski definition) is 0. The van der Waals surface area contributed by atoms with Gasteiger partial charge >= 0.3 is 0 Å². The van der Waals surface area contributed by atoms with Gasteiger partial charge in [-0.15, -0.1) is 0 Å². The van der Waals surface area contributed by atoms with Crippen LogP contribution in [0.4, 0.5) is 0 Å². The average Bonchev–Trinajstić information content (AvgIpc) is 2.29. The normalized spacial score (nSPS) is 10.4. The zero-order valence-corrected chi connectivity index (χ0v) is 11.0. The van der Waals surface area contributed by atoms with Crippen molar-refractivity contribution in [3.8, 4) is 0 Å². The molecule has 0 aromatic heterocycles. The summed E-state index contributed by atoms with van der Waals surface area (Å²) in [5, 5.41) is 0.925. The Morgan fingerprint density at radius 2 is 1.50 bits per heavy atom. The van der Waals surface area contributed by atoms with Crippen LogP contribution in [0, 0.1) is 6.92 Å². The summed E-state index contributed by atoms with van der Waals surface area (Å²) < 4.78 is 0. The molecule has 1 heteroatoms. The molecule has 0 aliphatic rings. The fraction of sp³-hybridized carbons (Fsp3) is 0.200. The monoisotopic (exact) mass is 274 g/mol. The quantitative estimate of drug-likeness (QED) is 0.724. The zero-order valence-electron chi connectivity index (χ0n) is 9.41. The van der Waals surface area contributed by atoms with E-state index in [4.69, 9.17) is 0 Å². The smallest absolute Gasteiger partial charge is 0.0283 e. The Hall–Kier alpha value is -1.08. The maximum atomic E-state index is 3.49. The summed E-state index contributed by atoms with van der Waals surface area (Å²) in [4.78, 5) is 0. The predicted octanol–water partition coefficient (Wildman–Crippen LogP) is 4.48. The highest BCUT2D eigenvalue weighted by Crippen LogP contribution is 2.14. The van der Waals surface area contributed by atoms with Crippen LogP contribution >= 0.6 is 15.9 Å². The molecule has 0 atom stereocenters. The average molecular weight is 275 g/mol. The van der Waals surface area contributed by atoms with E-state index in [1.807, 2.05) is 0 Å². The van der Waals surface area contributed by atoms with Crippen molar-refractivity contribution in [3.05, 3.63) is 70.8 Å². The molecule has 0 radical (unpaired) electrons. The number of aryl methyl sites for hydroxylation is 1. The SMILES string of the molecule is Cc1cccc(Cc2cccc(CBr)c2)c1. The summed E-state index contributed by atoms with van der Waals surface area (Å²) in [6, 6.07) is 17.4. The number of benzene rings is 2. The molecule has 0 aliphatic carbocycles. The standard InChI is InChI=1S/C15H15Br/c1-12-4-2-5-13(8-12)9-14-6-3-7-15(10-14)11-16/h2-8,10H,9,11H2,1H3. The maximum absolute atomic E-state index is 3.49. The highest BCUT2D eigenvalue weighted by atomic mass is 79.9. The van der Waals surface area contributed by atoms with Gasteiger partial charge < -0.3 is 0 Å². The fourth-order valence-corrected chi connectivity index (χ4v) is 2.23. The zero-order chi connectivity index (χ0) is 11.4. The van der Waals surface area contributed by atoms with Gasteiger partial charge in [-0.3, -0.25) is 0 Å². The second-order valence-corrected chi connectivity index (χ2v) is 4.68. The lowest BCUT2D eigenvalue weighted by molar-refractivity contribution is 1.17. The number of rotatable bonds is 3. The van der Waals surface area contributed by atoms with Crippen molar-refractivity contribution in [1.82, 2.24) is 0 Å². The summed E-state index contributed by atoms with van der Waals surface area (Å²) >= 11 is 3.49. The van der Waals surface area contributed by atoms with E-state index in [9.17, 15) is 0 Å². The molecule has 0 unspecified atom stereocenters. The lowest BCUT2D eigenvalue weighted by Gasteiger charge is -2.04. The number of alkyl halides is 1. The first kappa shape index (κ1) is 11.4. The van der Waals surface area contributed by atoms with Crippen molar-refractivity contribution >= 4 is 15.9 Å². The third-order valence-electron chi connectivity index (χ3n) is 2.64. The first-order valence-electron chi connectivity index (χ1n) is 5.47. The Kier molecular flexibility index (Phi) is 3.79. The summed E-state index contributed by atoms with van der Waals surface area (Å²) in [5.41, 5.74) is 5.42. The van der Waals surface area contributed by atoms with Gasteiger partial charge in [-0.1, -0.05) is 70.0 Å². The first-order chi connectivity index (χ1) is 7.78. The molecule has 0 saturated heterocycles. The molecule has 2 rings (SSSR count). The first-order valence-corrected chi connectivity index (χ1v) is 6.59. The van der Waals surface area contributed by atoms with Crippen molar-refractivity contribution < 1.29 is 0 Å². The van der Waals surface area contributed by atoms with E-state index < -0.39 is 0 Å². The Morgan fingerprint density at radius 1 is 0.875 bits per heavy atom. The molecular weight excluding hydrogens is 260 g/mol. The van der Waals surface area contributed by atoms with Gasteiger partial charge in [-0.25, -0.2) is 0 Å². The van der Waals surface area contributed by atoms with E-state index >= 15 is 0 Å². The minimum Gasteiger partial charge on any atom is -0.0876 e. The molecule has 16 heavy (non-hydrogen) atoms. The summed E-state index contributed by atoms with van der Waals surface area (Å²) in [7, 11) is 0. The van der Waals surface area contributed by atoms with Gasteiger partial charge in [0.2, 0.25) is 0 Å². The van der Waals surface area contributed by atoms with Gasteiger partial charge in [-0.05, 0) is 30.0 Å². The van der Waals surface area contributed by atoms with Crippen LogP contribution in [-0.2, 0) is 11.8 Å². The Bertz CT molecular complexity index is 474. The molecule has 0 aliphatic heterocycles.